The van der Waals surface area contributed by atoms with Crippen molar-refractivity contribution in [2.45, 2.75) is 33.6 Å². The van der Waals surface area contributed by atoms with Gasteiger partial charge >= 0.3 is 5.97 Å². The Hall–Kier alpha value is -3.12. The van der Waals surface area contributed by atoms with Crippen LogP contribution in [-0.4, -0.2) is 24.4 Å². The molecule has 7 heteroatoms. The Morgan fingerprint density at radius 1 is 1.07 bits per heavy atom. The summed E-state index contributed by atoms with van der Waals surface area (Å²) in [6.07, 6.45) is 1.71. The number of ether oxygens (including phenoxy) is 1. The summed E-state index contributed by atoms with van der Waals surface area (Å²) in [6.45, 7) is 6.14. The van der Waals surface area contributed by atoms with Crippen LogP contribution in [0.1, 0.15) is 41.3 Å². The highest BCUT2D eigenvalue weighted by atomic mass is 35.5. The third kappa shape index (κ3) is 4.54. The van der Waals surface area contributed by atoms with Crippen molar-refractivity contribution >= 4 is 40.8 Å². The van der Waals surface area contributed by atoms with Gasteiger partial charge in [-0.05, 0) is 61.7 Å². The van der Waals surface area contributed by atoms with Crippen molar-refractivity contribution in [3.8, 4) is 0 Å². The number of carbonyl (C=O) groups is 3. The highest BCUT2D eigenvalue weighted by Gasteiger charge is 2.39. The summed E-state index contributed by atoms with van der Waals surface area (Å²) in [5.41, 5.74) is 3.09. The molecule has 0 atom stereocenters. The number of hydrogen-bond donors (Lipinski definition) is 1. The first kappa shape index (κ1) is 21.6. The van der Waals surface area contributed by atoms with Crippen LogP contribution in [0.15, 0.2) is 53.2 Å². The molecule has 0 radical (unpaired) electrons. The average molecular weight is 427 g/mol. The number of imide groups is 1. The zero-order chi connectivity index (χ0) is 21.8. The number of benzene rings is 2. The first-order chi connectivity index (χ1) is 14.3. The van der Waals surface area contributed by atoms with Crippen molar-refractivity contribution in [3.63, 3.8) is 0 Å². The molecule has 30 heavy (non-hydrogen) atoms. The molecule has 6 nitrogen and oxygen atoms in total. The van der Waals surface area contributed by atoms with Crippen LogP contribution in [0.25, 0.3) is 0 Å². The number of aryl methyl sites for hydroxylation is 2. The molecule has 0 aromatic heterocycles. The minimum atomic E-state index is -0.593. The molecule has 156 valence electrons. The largest absolute Gasteiger partial charge is 0.462 e. The zero-order valence-corrected chi connectivity index (χ0v) is 17.9. The number of carbonyl (C=O) groups excluding carboxylic acids is 3. The maximum atomic E-state index is 13.0. The molecule has 3 rings (SSSR count). The Morgan fingerprint density at radius 2 is 1.77 bits per heavy atom. The van der Waals surface area contributed by atoms with E-state index < -0.39 is 17.8 Å². The van der Waals surface area contributed by atoms with Crippen LogP contribution in [0, 0.1) is 13.8 Å². The van der Waals surface area contributed by atoms with E-state index in [0.29, 0.717) is 23.5 Å². The molecule has 2 aromatic carbocycles. The Bertz CT molecular complexity index is 1020. The standard InChI is InChI=1S/C23H23ClN2O4/c1-4-5-9-30-23(29)16-7-6-8-17(13-16)25-20-19(24)21(27)26(22(20)28)18-11-14(2)10-15(3)12-18/h6-8,10-13,25H,4-5,9H2,1-3H3. The number of nitrogens with one attached hydrogen (secondary N) is 1. The molecule has 1 aliphatic heterocycles. The molecule has 0 saturated heterocycles. The number of rotatable bonds is 7. The smallest absolute Gasteiger partial charge is 0.338 e. The molecule has 2 aromatic rings. The average Bonchev–Trinajstić information content (AvgIpc) is 2.91. The van der Waals surface area contributed by atoms with Crippen molar-refractivity contribution in [3.05, 3.63) is 69.9 Å². The Kier molecular flexibility index (Phi) is 6.57. The lowest BCUT2D eigenvalue weighted by Gasteiger charge is -2.16. The highest BCUT2D eigenvalue weighted by Crippen LogP contribution is 2.31. The quantitative estimate of drug-likeness (QED) is 0.394. The molecular weight excluding hydrogens is 404 g/mol. The predicted octanol–water partition coefficient (Wildman–Crippen LogP) is 4.70. The fourth-order valence-corrected chi connectivity index (χ4v) is 3.40. The van der Waals surface area contributed by atoms with Crippen LogP contribution in [-0.2, 0) is 14.3 Å². The maximum absolute atomic E-state index is 13.0. The highest BCUT2D eigenvalue weighted by molar-refractivity contribution is 6.53. The summed E-state index contributed by atoms with van der Waals surface area (Å²) < 4.78 is 5.22. The fraction of sp³-hybridized carbons (Fsp3) is 0.261. The van der Waals surface area contributed by atoms with Crippen LogP contribution in [0.3, 0.4) is 0 Å². The van der Waals surface area contributed by atoms with Crippen molar-refractivity contribution < 1.29 is 19.1 Å². The van der Waals surface area contributed by atoms with Crippen LogP contribution >= 0.6 is 11.6 Å². The van der Waals surface area contributed by atoms with Crippen molar-refractivity contribution in [1.82, 2.24) is 0 Å². The number of esters is 1. The number of nitrogens with zero attached hydrogens (tertiary/aromatic N) is 1. The van der Waals surface area contributed by atoms with Gasteiger partial charge in [0.05, 0.1) is 17.9 Å². The van der Waals surface area contributed by atoms with Gasteiger partial charge in [0.15, 0.2) is 0 Å². The molecule has 1 aliphatic rings. The van der Waals surface area contributed by atoms with E-state index in [9.17, 15) is 14.4 Å². The van der Waals surface area contributed by atoms with Gasteiger partial charge in [0, 0.05) is 5.69 Å². The lowest BCUT2D eigenvalue weighted by Crippen LogP contribution is -2.32. The van der Waals surface area contributed by atoms with Crippen molar-refractivity contribution in [2.75, 3.05) is 16.8 Å². The van der Waals surface area contributed by atoms with Gasteiger partial charge in [0.25, 0.3) is 11.8 Å². The van der Waals surface area contributed by atoms with Gasteiger partial charge in [-0.15, -0.1) is 0 Å². The lowest BCUT2D eigenvalue weighted by molar-refractivity contribution is -0.120. The van der Waals surface area contributed by atoms with Gasteiger partial charge in [-0.3, -0.25) is 9.59 Å². The lowest BCUT2D eigenvalue weighted by atomic mass is 10.1. The van der Waals surface area contributed by atoms with Crippen LogP contribution in [0.2, 0.25) is 0 Å². The number of hydrogen-bond acceptors (Lipinski definition) is 5. The van der Waals surface area contributed by atoms with Gasteiger partial charge in [-0.25, -0.2) is 9.69 Å². The SMILES string of the molecule is CCCCOC(=O)c1cccc(NC2=C(Cl)C(=O)N(c3cc(C)cc(C)c3)C2=O)c1. The summed E-state index contributed by atoms with van der Waals surface area (Å²) in [6, 6.07) is 12.0. The minimum absolute atomic E-state index is 0.0303. The fourth-order valence-electron chi connectivity index (χ4n) is 3.19. The van der Waals surface area contributed by atoms with Crippen molar-refractivity contribution in [2.24, 2.45) is 0 Å². The van der Waals surface area contributed by atoms with E-state index in [1.165, 1.54) is 0 Å². The van der Waals surface area contributed by atoms with Crippen molar-refractivity contribution in [1.29, 1.82) is 0 Å². The van der Waals surface area contributed by atoms with Gasteiger partial charge < -0.3 is 10.1 Å². The third-order valence-corrected chi connectivity index (χ3v) is 4.94. The Labute approximate surface area is 180 Å². The van der Waals surface area contributed by atoms with E-state index in [2.05, 4.69) is 5.32 Å². The second kappa shape index (κ2) is 9.13. The van der Waals surface area contributed by atoms with Crippen LogP contribution in [0.5, 0.6) is 0 Å². The van der Waals surface area contributed by atoms with E-state index in [4.69, 9.17) is 16.3 Å². The topological polar surface area (TPSA) is 75.7 Å². The summed E-state index contributed by atoms with van der Waals surface area (Å²) in [4.78, 5) is 38.8. The molecule has 1 N–H and O–H groups in total. The van der Waals surface area contributed by atoms with Gasteiger partial charge in [-0.2, -0.15) is 0 Å². The predicted molar refractivity (Wildman–Crippen MR) is 117 cm³/mol. The van der Waals surface area contributed by atoms with E-state index in [1.54, 1.807) is 36.4 Å². The molecule has 0 spiro atoms. The molecular formula is C23H23ClN2O4. The first-order valence-corrected chi connectivity index (χ1v) is 10.1. The number of amides is 2. The van der Waals surface area contributed by atoms with E-state index in [-0.39, 0.29) is 10.7 Å². The first-order valence-electron chi connectivity index (χ1n) is 9.73. The Morgan fingerprint density at radius 3 is 2.43 bits per heavy atom. The van der Waals surface area contributed by atoms with Crippen LogP contribution in [0.4, 0.5) is 11.4 Å². The second-order valence-electron chi connectivity index (χ2n) is 7.18. The van der Waals surface area contributed by atoms with Gasteiger partial charge in [0.2, 0.25) is 0 Å². The molecule has 0 fully saturated rings. The summed E-state index contributed by atoms with van der Waals surface area (Å²) in [5, 5.41) is 2.69. The molecule has 1 heterocycles. The summed E-state index contributed by atoms with van der Waals surface area (Å²) >= 11 is 6.20. The normalized spacial score (nSPS) is 13.8. The number of unbranched alkanes of at least 4 members (excludes halogenated alkanes) is 1. The summed E-state index contributed by atoms with van der Waals surface area (Å²) in [7, 11) is 0. The zero-order valence-electron chi connectivity index (χ0n) is 17.1. The monoisotopic (exact) mass is 426 g/mol. The molecule has 0 aliphatic carbocycles. The number of anilines is 2. The molecule has 0 unspecified atom stereocenters. The van der Waals surface area contributed by atoms with Crippen LogP contribution < -0.4 is 10.2 Å². The van der Waals surface area contributed by atoms with Gasteiger partial charge in [0.1, 0.15) is 10.7 Å². The maximum Gasteiger partial charge on any atom is 0.338 e. The van der Waals surface area contributed by atoms with E-state index in [0.717, 1.165) is 28.9 Å². The molecule has 0 bridgehead atoms. The Balaban J connectivity index is 1.81. The molecule has 2 amide bonds. The number of halogens is 1. The van der Waals surface area contributed by atoms with E-state index >= 15 is 0 Å². The minimum Gasteiger partial charge on any atom is -0.462 e. The van der Waals surface area contributed by atoms with Gasteiger partial charge in [-0.1, -0.05) is 37.1 Å². The summed E-state index contributed by atoms with van der Waals surface area (Å²) in [5.74, 6) is -1.59. The third-order valence-electron chi connectivity index (χ3n) is 4.59. The molecule has 0 saturated carbocycles. The second-order valence-corrected chi connectivity index (χ2v) is 7.55. The van der Waals surface area contributed by atoms with E-state index in [1.807, 2.05) is 26.8 Å².